The highest BCUT2D eigenvalue weighted by Crippen LogP contribution is 2.11. The fourth-order valence-corrected chi connectivity index (χ4v) is 1.93. The Morgan fingerprint density at radius 3 is 2.60 bits per heavy atom. The molecule has 0 aromatic carbocycles. The van der Waals surface area contributed by atoms with Gasteiger partial charge in [-0.1, -0.05) is 45.1 Å². The molecule has 0 aliphatic carbocycles. The second-order valence-corrected chi connectivity index (χ2v) is 4.72. The third-order valence-corrected chi connectivity index (χ3v) is 3.12. The molecule has 0 N–H and O–H groups in total. The van der Waals surface area contributed by atoms with Crippen LogP contribution in [0.3, 0.4) is 0 Å². The van der Waals surface area contributed by atoms with Crippen molar-refractivity contribution in [3.05, 3.63) is 23.3 Å². The summed E-state index contributed by atoms with van der Waals surface area (Å²) in [7, 11) is 0. The van der Waals surface area contributed by atoms with Crippen LogP contribution >= 0.6 is 12.6 Å². The van der Waals surface area contributed by atoms with E-state index >= 15 is 0 Å². The Kier molecular flexibility index (Phi) is 6.66. The molecule has 86 valence electrons. The lowest BCUT2D eigenvalue weighted by molar-refractivity contribution is 0.392. The molecule has 1 aliphatic rings. The summed E-state index contributed by atoms with van der Waals surface area (Å²) >= 11 is 4.30. The van der Waals surface area contributed by atoms with E-state index in [4.69, 9.17) is 0 Å². The molecule has 0 fully saturated rings. The van der Waals surface area contributed by atoms with Crippen molar-refractivity contribution in [2.75, 3.05) is 13.1 Å². The van der Waals surface area contributed by atoms with Gasteiger partial charge in [-0.3, -0.25) is 0 Å². The maximum atomic E-state index is 4.30. The summed E-state index contributed by atoms with van der Waals surface area (Å²) < 4.78 is 0. The SMILES string of the molecule is CCCCCCCCN1C=CC(S)=CC1. The predicted molar refractivity (Wildman–Crippen MR) is 71.2 cm³/mol. The first-order chi connectivity index (χ1) is 7.33. The second-order valence-electron chi connectivity index (χ2n) is 4.21. The Morgan fingerprint density at radius 1 is 1.20 bits per heavy atom. The van der Waals surface area contributed by atoms with Crippen LogP contribution in [-0.2, 0) is 0 Å². The van der Waals surface area contributed by atoms with Crippen LogP contribution in [0.2, 0.25) is 0 Å². The quantitative estimate of drug-likeness (QED) is 0.506. The minimum absolute atomic E-state index is 1.03. The summed E-state index contributed by atoms with van der Waals surface area (Å²) in [4.78, 5) is 3.45. The summed E-state index contributed by atoms with van der Waals surface area (Å²) in [6, 6.07) is 0. The molecule has 0 spiro atoms. The monoisotopic (exact) mass is 225 g/mol. The van der Waals surface area contributed by atoms with E-state index in [9.17, 15) is 0 Å². The number of unbranched alkanes of at least 4 members (excludes halogenated alkanes) is 5. The van der Waals surface area contributed by atoms with Crippen LogP contribution in [0.4, 0.5) is 0 Å². The van der Waals surface area contributed by atoms with Gasteiger partial charge < -0.3 is 4.90 Å². The lowest BCUT2D eigenvalue weighted by Gasteiger charge is -2.21. The molecule has 0 saturated carbocycles. The molecule has 0 radical (unpaired) electrons. The van der Waals surface area contributed by atoms with E-state index in [1.54, 1.807) is 0 Å². The Labute approximate surface area is 99.6 Å². The van der Waals surface area contributed by atoms with Crippen LogP contribution in [0.1, 0.15) is 45.4 Å². The number of allylic oxidation sites excluding steroid dienone is 1. The molecular weight excluding hydrogens is 202 g/mol. The molecule has 0 amide bonds. The zero-order valence-corrected chi connectivity index (χ0v) is 10.7. The fraction of sp³-hybridized carbons (Fsp3) is 0.692. The van der Waals surface area contributed by atoms with Gasteiger partial charge in [0.1, 0.15) is 0 Å². The first-order valence-electron chi connectivity index (χ1n) is 6.14. The average molecular weight is 225 g/mol. The summed E-state index contributed by atoms with van der Waals surface area (Å²) in [6.07, 6.45) is 14.6. The van der Waals surface area contributed by atoms with E-state index in [2.05, 4.69) is 42.8 Å². The first kappa shape index (κ1) is 12.7. The highest BCUT2D eigenvalue weighted by Gasteiger charge is 2.01. The third-order valence-electron chi connectivity index (χ3n) is 2.79. The van der Waals surface area contributed by atoms with Crippen molar-refractivity contribution in [2.24, 2.45) is 0 Å². The Hall–Kier alpha value is -0.370. The fourth-order valence-electron chi connectivity index (χ4n) is 1.78. The van der Waals surface area contributed by atoms with Gasteiger partial charge in [-0.2, -0.15) is 0 Å². The minimum Gasteiger partial charge on any atom is -0.374 e. The molecule has 0 aromatic rings. The molecule has 0 unspecified atom stereocenters. The molecule has 1 rings (SSSR count). The average Bonchev–Trinajstić information content (AvgIpc) is 2.26. The van der Waals surface area contributed by atoms with Crippen LogP contribution in [0.15, 0.2) is 23.3 Å². The molecule has 0 saturated heterocycles. The van der Waals surface area contributed by atoms with Crippen LogP contribution < -0.4 is 0 Å². The Balaban J connectivity index is 1.95. The van der Waals surface area contributed by atoms with Crippen molar-refractivity contribution in [3.8, 4) is 0 Å². The Bertz CT molecular complexity index is 221. The summed E-state index contributed by atoms with van der Waals surface area (Å²) in [5.74, 6) is 0. The van der Waals surface area contributed by atoms with E-state index in [-0.39, 0.29) is 0 Å². The smallest absolute Gasteiger partial charge is 0.0367 e. The Morgan fingerprint density at radius 2 is 1.93 bits per heavy atom. The van der Waals surface area contributed by atoms with Crippen molar-refractivity contribution in [2.45, 2.75) is 45.4 Å². The standard InChI is InChI=1S/C13H23NS/c1-2-3-4-5-6-7-10-14-11-8-13(15)9-12-14/h8-9,11,15H,2-7,10,12H2,1H3. The predicted octanol–water partition coefficient (Wildman–Crippen LogP) is 3.99. The summed E-state index contributed by atoms with van der Waals surface area (Å²) in [5, 5.41) is 0. The van der Waals surface area contributed by atoms with Gasteiger partial charge in [0.25, 0.3) is 0 Å². The topological polar surface area (TPSA) is 3.24 Å². The molecule has 1 aliphatic heterocycles. The van der Waals surface area contributed by atoms with Gasteiger partial charge >= 0.3 is 0 Å². The highest BCUT2D eigenvalue weighted by atomic mass is 32.1. The summed E-state index contributed by atoms with van der Waals surface area (Å²) in [6.45, 7) is 4.49. The number of hydrogen-bond acceptors (Lipinski definition) is 2. The molecule has 2 heteroatoms. The molecule has 0 atom stereocenters. The lowest BCUT2D eigenvalue weighted by Crippen LogP contribution is -2.20. The largest absolute Gasteiger partial charge is 0.374 e. The van der Waals surface area contributed by atoms with E-state index in [1.165, 1.54) is 45.1 Å². The van der Waals surface area contributed by atoms with Gasteiger partial charge in [0.15, 0.2) is 0 Å². The highest BCUT2D eigenvalue weighted by molar-refractivity contribution is 7.84. The van der Waals surface area contributed by atoms with Crippen LogP contribution in [0.25, 0.3) is 0 Å². The van der Waals surface area contributed by atoms with Crippen LogP contribution in [-0.4, -0.2) is 18.0 Å². The van der Waals surface area contributed by atoms with E-state index < -0.39 is 0 Å². The summed E-state index contributed by atoms with van der Waals surface area (Å²) in [5.41, 5.74) is 0. The van der Waals surface area contributed by atoms with Gasteiger partial charge in [0, 0.05) is 24.2 Å². The maximum absolute atomic E-state index is 4.30. The molecule has 1 heterocycles. The molecular formula is C13H23NS. The second kappa shape index (κ2) is 7.86. The lowest BCUT2D eigenvalue weighted by atomic mass is 10.1. The maximum Gasteiger partial charge on any atom is 0.0367 e. The van der Waals surface area contributed by atoms with E-state index in [1.807, 2.05) is 0 Å². The van der Waals surface area contributed by atoms with Gasteiger partial charge in [-0.25, -0.2) is 0 Å². The van der Waals surface area contributed by atoms with Crippen LogP contribution in [0, 0.1) is 0 Å². The van der Waals surface area contributed by atoms with E-state index in [0.717, 1.165) is 11.4 Å². The normalized spacial score (nSPS) is 15.6. The number of rotatable bonds is 7. The van der Waals surface area contributed by atoms with Crippen molar-refractivity contribution in [1.82, 2.24) is 4.90 Å². The van der Waals surface area contributed by atoms with Gasteiger partial charge in [0.2, 0.25) is 0 Å². The van der Waals surface area contributed by atoms with Crippen molar-refractivity contribution in [3.63, 3.8) is 0 Å². The first-order valence-corrected chi connectivity index (χ1v) is 6.59. The number of hydrogen-bond donors (Lipinski definition) is 1. The van der Waals surface area contributed by atoms with Gasteiger partial charge in [-0.15, -0.1) is 12.6 Å². The van der Waals surface area contributed by atoms with Crippen molar-refractivity contribution >= 4 is 12.6 Å². The van der Waals surface area contributed by atoms with Crippen molar-refractivity contribution in [1.29, 1.82) is 0 Å². The van der Waals surface area contributed by atoms with Gasteiger partial charge in [0.05, 0.1) is 0 Å². The number of nitrogens with zero attached hydrogens (tertiary/aromatic N) is 1. The zero-order chi connectivity index (χ0) is 10.9. The molecule has 0 bridgehead atoms. The molecule has 1 nitrogen and oxygen atoms in total. The van der Waals surface area contributed by atoms with E-state index in [0.29, 0.717) is 0 Å². The molecule has 15 heavy (non-hydrogen) atoms. The van der Waals surface area contributed by atoms with Crippen LogP contribution in [0.5, 0.6) is 0 Å². The number of thiol groups is 1. The zero-order valence-electron chi connectivity index (χ0n) is 9.78. The minimum atomic E-state index is 1.03. The van der Waals surface area contributed by atoms with Crippen molar-refractivity contribution < 1.29 is 0 Å². The third kappa shape index (κ3) is 5.93. The van der Waals surface area contributed by atoms with Gasteiger partial charge in [-0.05, 0) is 12.5 Å². The molecule has 0 aromatic heterocycles.